The van der Waals surface area contributed by atoms with Gasteiger partial charge in [-0.3, -0.25) is 0 Å². The van der Waals surface area contributed by atoms with Gasteiger partial charge in [0.05, 0.1) is 22.4 Å². The molecule has 0 bridgehead atoms. The SMILES string of the molecule is N#C/C(=C/c1ccc2c(c1)CCO2)c1nc2cc(Cl)ccc2s1. The summed E-state index contributed by atoms with van der Waals surface area (Å²) in [5, 5.41) is 10.9. The standard InChI is InChI=1S/C18H11ClN2OS/c19-14-2-4-17-15(9-14)21-18(23-17)13(10-20)8-11-1-3-16-12(7-11)5-6-22-16/h1-4,7-9H,5-6H2/b13-8-. The molecule has 0 saturated carbocycles. The highest BCUT2D eigenvalue weighted by Gasteiger charge is 2.13. The lowest BCUT2D eigenvalue weighted by Gasteiger charge is -2.00. The quantitative estimate of drug-likeness (QED) is 0.621. The van der Waals surface area contributed by atoms with E-state index < -0.39 is 0 Å². The predicted molar refractivity (Wildman–Crippen MR) is 93.8 cm³/mol. The molecule has 23 heavy (non-hydrogen) atoms. The third kappa shape index (κ3) is 2.70. The number of fused-ring (bicyclic) bond motifs is 2. The topological polar surface area (TPSA) is 45.9 Å². The average molecular weight is 339 g/mol. The molecule has 0 atom stereocenters. The second kappa shape index (κ2) is 5.69. The van der Waals surface area contributed by atoms with Gasteiger partial charge in [-0.1, -0.05) is 17.7 Å². The minimum Gasteiger partial charge on any atom is -0.493 e. The Labute approximate surface area is 142 Å². The highest BCUT2D eigenvalue weighted by molar-refractivity contribution is 7.19. The van der Waals surface area contributed by atoms with Crippen LogP contribution in [0.4, 0.5) is 0 Å². The summed E-state index contributed by atoms with van der Waals surface area (Å²) >= 11 is 7.50. The molecule has 0 aliphatic carbocycles. The summed E-state index contributed by atoms with van der Waals surface area (Å²) in [4.78, 5) is 4.53. The van der Waals surface area contributed by atoms with Crippen LogP contribution in [0.3, 0.4) is 0 Å². The van der Waals surface area contributed by atoms with Crippen LogP contribution in [0.25, 0.3) is 21.9 Å². The molecule has 0 saturated heterocycles. The summed E-state index contributed by atoms with van der Waals surface area (Å²) in [7, 11) is 0. The third-order valence-electron chi connectivity index (χ3n) is 3.72. The minimum absolute atomic E-state index is 0.557. The van der Waals surface area contributed by atoms with E-state index in [1.54, 1.807) is 0 Å². The molecular weight excluding hydrogens is 328 g/mol. The van der Waals surface area contributed by atoms with Crippen LogP contribution < -0.4 is 4.74 Å². The summed E-state index contributed by atoms with van der Waals surface area (Å²) in [6, 6.07) is 13.8. The van der Waals surface area contributed by atoms with Crippen LogP contribution in [0, 0.1) is 11.3 Å². The number of allylic oxidation sites excluding steroid dienone is 1. The Morgan fingerprint density at radius 1 is 1.30 bits per heavy atom. The Morgan fingerprint density at radius 3 is 3.09 bits per heavy atom. The third-order valence-corrected chi connectivity index (χ3v) is 5.03. The van der Waals surface area contributed by atoms with Crippen molar-refractivity contribution in [2.24, 2.45) is 0 Å². The number of rotatable bonds is 2. The molecule has 0 N–H and O–H groups in total. The monoisotopic (exact) mass is 338 g/mol. The molecule has 0 unspecified atom stereocenters. The van der Waals surface area contributed by atoms with E-state index in [9.17, 15) is 5.26 Å². The number of benzene rings is 2. The first-order valence-corrected chi connectivity index (χ1v) is 8.36. The van der Waals surface area contributed by atoms with E-state index in [4.69, 9.17) is 16.3 Å². The van der Waals surface area contributed by atoms with E-state index in [0.717, 1.165) is 34.6 Å². The first kappa shape index (κ1) is 14.3. The summed E-state index contributed by atoms with van der Waals surface area (Å²) in [6.45, 7) is 0.728. The second-order valence-corrected chi connectivity index (χ2v) is 6.73. The molecule has 112 valence electrons. The van der Waals surface area contributed by atoms with E-state index in [0.29, 0.717) is 15.6 Å². The lowest BCUT2D eigenvalue weighted by molar-refractivity contribution is 0.357. The Kier molecular flexibility index (Phi) is 3.53. The van der Waals surface area contributed by atoms with E-state index in [1.165, 1.54) is 16.9 Å². The predicted octanol–water partition coefficient (Wildman–Crippen LogP) is 4.95. The van der Waals surface area contributed by atoms with Gasteiger partial charge in [0.25, 0.3) is 0 Å². The Morgan fingerprint density at radius 2 is 2.22 bits per heavy atom. The van der Waals surface area contributed by atoms with Gasteiger partial charge in [0.2, 0.25) is 0 Å². The molecule has 1 aliphatic heterocycles. The van der Waals surface area contributed by atoms with Gasteiger partial charge in [0, 0.05) is 11.4 Å². The average Bonchev–Trinajstić information content (AvgIpc) is 3.17. The maximum absolute atomic E-state index is 9.51. The zero-order chi connectivity index (χ0) is 15.8. The molecule has 0 amide bonds. The van der Waals surface area contributed by atoms with E-state index in [1.807, 2.05) is 36.4 Å². The first-order valence-electron chi connectivity index (χ1n) is 7.17. The number of aromatic nitrogens is 1. The van der Waals surface area contributed by atoms with Crippen molar-refractivity contribution in [3.63, 3.8) is 0 Å². The molecular formula is C18H11ClN2OS. The van der Waals surface area contributed by atoms with Gasteiger partial charge in [-0.15, -0.1) is 11.3 Å². The number of ether oxygens (including phenoxy) is 1. The molecule has 0 radical (unpaired) electrons. The summed E-state index contributed by atoms with van der Waals surface area (Å²) in [5.41, 5.74) is 3.55. The van der Waals surface area contributed by atoms with Gasteiger partial charge in [-0.05, 0) is 47.5 Å². The van der Waals surface area contributed by atoms with Crippen LogP contribution in [0.15, 0.2) is 36.4 Å². The van der Waals surface area contributed by atoms with Crippen LogP contribution >= 0.6 is 22.9 Å². The number of nitriles is 1. The zero-order valence-electron chi connectivity index (χ0n) is 12.0. The Bertz CT molecular complexity index is 984. The Hall–Kier alpha value is -2.35. The van der Waals surface area contributed by atoms with E-state index in [-0.39, 0.29) is 0 Å². The number of hydrogen-bond acceptors (Lipinski definition) is 4. The second-order valence-electron chi connectivity index (χ2n) is 5.27. The fraction of sp³-hybridized carbons (Fsp3) is 0.111. The van der Waals surface area contributed by atoms with Gasteiger partial charge >= 0.3 is 0 Å². The highest BCUT2D eigenvalue weighted by atomic mass is 35.5. The van der Waals surface area contributed by atoms with E-state index in [2.05, 4.69) is 17.1 Å². The van der Waals surface area contributed by atoms with Crippen LogP contribution in [0.2, 0.25) is 5.02 Å². The summed E-state index contributed by atoms with van der Waals surface area (Å²) in [5.74, 6) is 0.940. The molecule has 0 fully saturated rings. The van der Waals surface area contributed by atoms with Crippen molar-refractivity contribution in [2.75, 3.05) is 6.61 Å². The first-order chi connectivity index (χ1) is 11.2. The molecule has 3 aromatic rings. The van der Waals surface area contributed by atoms with E-state index >= 15 is 0 Å². The van der Waals surface area contributed by atoms with Crippen molar-refractivity contribution in [3.05, 3.63) is 57.6 Å². The fourth-order valence-corrected chi connectivity index (χ4v) is 3.70. The maximum Gasteiger partial charge on any atom is 0.135 e. The van der Waals surface area contributed by atoms with Crippen LogP contribution in [0.5, 0.6) is 5.75 Å². The highest BCUT2D eigenvalue weighted by Crippen LogP contribution is 2.31. The molecule has 2 aromatic carbocycles. The van der Waals surface area contributed by atoms with Crippen molar-refractivity contribution < 1.29 is 4.74 Å². The van der Waals surface area contributed by atoms with Gasteiger partial charge in [0.1, 0.15) is 16.8 Å². The fourth-order valence-electron chi connectivity index (χ4n) is 2.62. The maximum atomic E-state index is 9.51. The van der Waals surface area contributed by atoms with Gasteiger partial charge < -0.3 is 4.74 Å². The molecule has 1 aliphatic rings. The Balaban J connectivity index is 1.76. The largest absolute Gasteiger partial charge is 0.493 e. The van der Waals surface area contributed by atoms with Crippen molar-refractivity contribution in [3.8, 4) is 11.8 Å². The van der Waals surface area contributed by atoms with Crippen molar-refractivity contribution in [1.82, 2.24) is 4.98 Å². The lowest BCUT2D eigenvalue weighted by Crippen LogP contribution is -1.85. The van der Waals surface area contributed by atoms with Crippen molar-refractivity contribution in [1.29, 1.82) is 5.26 Å². The molecule has 4 rings (SSSR count). The number of hydrogen-bond donors (Lipinski definition) is 0. The van der Waals surface area contributed by atoms with Crippen LogP contribution in [-0.2, 0) is 6.42 Å². The number of thiazole rings is 1. The minimum atomic E-state index is 0.557. The molecule has 5 heteroatoms. The summed E-state index contributed by atoms with van der Waals surface area (Å²) in [6.07, 6.45) is 2.79. The van der Waals surface area contributed by atoms with Crippen LogP contribution in [0.1, 0.15) is 16.1 Å². The number of halogens is 1. The van der Waals surface area contributed by atoms with Crippen molar-refractivity contribution in [2.45, 2.75) is 6.42 Å². The molecule has 2 heterocycles. The molecule has 0 spiro atoms. The normalized spacial score (nSPS) is 13.7. The van der Waals surface area contributed by atoms with Gasteiger partial charge in [0.15, 0.2) is 0 Å². The van der Waals surface area contributed by atoms with Crippen LogP contribution in [-0.4, -0.2) is 11.6 Å². The van der Waals surface area contributed by atoms with Crippen molar-refractivity contribution >= 4 is 44.8 Å². The lowest BCUT2D eigenvalue weighted by atomic mass is 10.1. The summed E-state index contributed by atoms with van der Waals surface area (Å²) < 4.78 is 6.53. The molecule has 1 aromatic heterocycles. The van der Waals surface area contributed by atoms with Gasteiger partial charge in [-0.25, -0.2) is 4.98 Å². The van der Waals surface area contributed by atoms with Gasteiger partial charge in [-0.2, -0.15) is 5.26 Å². The molecule has 3 nitrogen and oxygen atoms in total. The number of nitrogens with zero attached hydrogens (tertiary/aromatic N) is 2. The zero-order valence-corrected chi connectivity index (χ0v) is 13.6. The smallest absolute Gasteiger partial charge is 0.135 e.